The minimum absolute atomic E-state index is 0.222. The molecule has 0 aromatic heterocycles. The summed E-state index contributed by atoms with van der Waals surface area (Å²) in [5.74, 6) is 0. The molecule has 0 bridgehead atoms. The van der Waals surface area contributed by atoms with Crippen LogP contribution in [0.2, 0.25) is 0 Å². The van der Waals surface area contributed by atoms with Crippen molar-refractivity contribution in [3.63, 3.8) is 0 Å². The van der Waals surface area contributed by atoms with Crippen LogP contribution in [0.4, 0.5) is 0 Å². The lowest BCUT2D eigenvalue weighted by molar-refractivity contribution is -0.0822. The molecule has 1 unspecified atom stereocenters. The molecule has 0 aliphatic heterocycles. The quantitative estimate of drug-likeness (QED) is 0.650. The topological polar surface area (TPSA) is 23.5 Å². The second kappa shape index (κ2) is 3.35. The maximum atomic E-state index is 9.61. The lowest BCUT2D eigenvalue weighted by Gasteiger charge is -2.47. The van der Waals surface area contributed by atoms with E-state index in [-0.39, 0.29) is 6.23 Å². The Morgan fingerprint density at radius 1 is 1.08 bits per heavy atom. The predicted molar refractivity (Wildman–Crippen MR) is 48.8 cm³/mol. The fourth-order valence-corrected chi connectivity index (χ4v) is 2.28. The molecule has 12 heavy (non-hydrogen) atoms. The lowest BCUT2D eigenvalue weighted by atomic mass is 9.84. The SMILES string of the molecule is CC(O)N(C1CCC1)C1CCC1. The Morgan fingerprint density at radius 2 is 1.50 bits per heavy atom. The van der Waals surface area contributed by atoms with E-state index in [1.807, 2.05) is 6.92 Å². The van der Waals surface area contributed by atoms with Crippen molar-refractivity contribution < 1.29 is 5.11 Å². The molecule has 2 fully saturated rings. The van der Waals surface area contributed by atoms with Crippen molar-refractivity contribution in [1.29, 1.82) is 0 Å². The minimum atomic E-state index is -0.222. The van der Waals surface area contributed by atoms with Crippen LogP contribution in [0, 0.1) is 0 Å². The number of aliphatic hydroxyl groups excluding tert-OH is 1. The molecule has 0 heterocycles. The van der Waals surface area contributed by atoms with Crippen LogP contribution in [0.1, 0.15) is 45.4 Å². The largest absolute Gasteiger partial charge is 0.379 e. The number of aliphatic hydroxyl groups is 1. The molecule has 2 nitrogen and oxygen atoms in total. The van der Waals surface area contributed by atoms with Crippen molar-refractivity contribution in [3.05, 3.63) is 0 Å². The number of rotatable bonds is 3. The van der Waals surface area contributed by atoms with E-state index in [9.17, 15) is 5.11 Å². The Labute approximate surface area is 74.6 Å². The van der Waals surface area contributed by atoms with E-state index in [4.69, 9.17) is 0 Å². The van der Waals surface area contributed by atoms with E-state index >= 15 is 0 Å². The highest BCUT2D eigenvalue weighted by Crippen LogP contribution is 2.34. The van der Waals surface area contributed by atoms with Crippen molar-refractivity contribution in [3.8, 4) is 0 Å². The van der Waals surface area contributed by atoms with Gasteiger partial charge in [0.1, 0.15) is 6.23 Å². The molecule has 0 aromatic carbocycles. The van der Waals surface area contributed by atoms with Crippen molar-refractivity contribution >= 4 is 0 Å². The Kier molecular flexibility index (Phi) is 2.37. The van der Waals surface area contributed by atoms with Crippen LogP contribution in [0.5, 0.6) is 0 Å². The molecule has 2 heteroatoms. The average molecular weight is 169 g/mol. The smallest absolute Gasteiger partial charge is 0.105 e. The van der Waals surface area contributed by atoms with Gasteiger partial charge in [-0.2, -0.15) is 0 Å². The Balaban J connectivity index is 1.91. The molecular weight excluding hydrogens is 150 g/mol. The maximum absolute atomic E-state index is 9.61. The molecule has 1 atom stereocenters. The molecule has 0 radical (unpaired) electrons. The Bertz CT molecular complexity index is 136. The van der Waals surface area contributed by atoms with Gasteiger partial charge < -0.3 is 5.11 Å². The third-order valence-electron chi connectivity index (χ3n) is 3.42. The van der Waals surface area contributed by atoms with Crippen molar-refractivity contribution in [2.45, 2.75) is 63.8 Å². The van der Waals surface area contributed by atoms with Crippen LogP contribution < -0.4 is 0 Å². The molecule has 70 valence electrons. The highest BCUT2D eigenvalue weighted by molar-refractivity contribution is 4.89. The number of nitrogens with zero attached hydrogens (tertiary/aromatic N) is 1. The first kappa shape index (κ1) is 8.52. The second-order valence-electron chi connectivity index (χ2n) is 4.25. The zero-order valence-electron chi connectivity index (χ0n) is 7.87. The van der Waals surface area contributed by atoms with E-state index < -0.39 is 0 Å². The van der Waals surface area contributed by atoms with Gasteiger partial charge in [-0.25, -0.2) is 0 Å². The first-order chi connectivity index (χ1) is 5.79. The Hall–Kier alpha value is -0.0800. The maximum Gasteiger partial charge on any atom is 0.105 e. The summed E-state index contributed by atoms with van der Waals surface area (Å²) < 4.78 is 0. The molecule has 2 aliphatic rings. The van der Waals surface area contributed by atoms with Crippen LogP contribution in [-0.4, -0.2) is 28.3 Å². The van der Waals surface area contributed by atoms with Gasteiger partial charge in [-0.05, 0) is 32.6 Å². The zero-order valence-corrected chi connectivity index (χ0v) is 7.87. The monoisotopic (exact) mass is 169 g/mol. The zero-order chi connectivity index (χ0) is 8.55. The number of hydrogen-bond acceptors (Lipinski definition) is 2. The van der Waals surface area contributed by atoms with Gasteiger partial charge >= 0.3 is 0 Å². The van der Waals surface area contributed by atoms with Crippen molar-refractivity contribution in [2.75, 3.05) is 0 Å². The average Bonchev–Trinajstić information content (AvgIpc) is 1.77. The standard InChI is InChI=1S/C10H19NO/c1-8(12)11(9-4-2-5-9)10-6-3-7-10/h8-10,12H,2-7H2,1H3. The van der Waals surface area contributed by atoms with Crippen LogP contribution >= 0.6 is 0 Å². The first-order valence-electron chi connectivity index (χ1n) is 5.24. The fourth-order valence-electron chi connectivity index (χ4n) is 2.28. The third kappa shape index (κ3) is 1.38. The highest BCUT2D eigenvalue weighted by Gasteiger charge is 2.35. The van der Waals surface area contributed by atoms with Gasteiger partial charge in [-0.15, -0.1) is 0 Å². The second-order valence-corrected chi connectivity index (χ2v) is 4.25. The van der Waals surface area contributed by atoms with E-state index in [0.717, 1.165) is 0 Å². The first-order valence-corrected chi connectivity index (χ1v) is 5.24. The van der Waals surface area contributed by atoms with E-state index in [0.29, 0.717) is 12.1 Å². The summed E-state index contributed by atoms with van der Waals surface area (Å²) in [7, 11) is 0. The molecule has 1 N–H and O–H groups in total. The summed E-state index contributed by atoms with van der Waals surface area (Å²) in [6, 6.07) is 1.41. The van der Waals surface area contributed by atoms with Crippen LogP contribution in [0.15, 0.2) is 0 Å². The van der Waals surface area contributed by atoms with E-state index in [1.165, 1.54) is 38.5 Å². The van der Waals surface area contributed by atoms with Crippen molar-refractivity contribution in [1.82, 2.24) is 4.90 Å². The minimum Gasteiger partial charge on any atom is -0.379 e. The van der Waals surface area contributed by atoms with E-state index in [1.54, 1.807) is 0 Å². The third-order valence-corrected chi connectivity index (χ3v) is 3.42. The highest BCUT2D eigenvalue weighted by atomic mass is 16.3. The molecule has 0 saturated heterocycles. The summed E-state index contributed by atoms with van der Waals surface area (Å²) in [5, 5.41) is 9.61. The van der Waals surface area contributed by atoms with Crippen LogP contribution in [-0.2, 0) is 0 Å². The van der Waals surface area contributed by atoms with Gasteiger partial charge in [0.2, 0.25) is 0 Å². The van der Waals surface area contributed by atoms with Gasteiger partial charge in [0.25, 0.3) is 0 Å². The fraction of sp³-hybridized carbons (Fsp3) is 1.00. The molecule has 0 amide bonds. The van der Waals surface area contributed by atoms with Crippen molar-refractivity contribution in [2.24, 2.45) is 0 Å². The summed E-state index contributed by atoms with van der Waals surface area (Å²) in [6.45, 7) is 1.91. The molecule has 2 saturated carbocycles. The van der Waals surface area contributed by atoms with Crippen LogP contribution in [0.3, 0.4) is 0 Å². The molecular formula is C10H19NO. The summed E-state index contributed by atoms with van der Waals surface area (Å²) in [4.78, 5) is 2.34. The van der Waals surface area contributed by atoms with E-state index in [2.05, 4.69) is 4.90 Å². The summed E-state index contributed by atoms with van der Waals surface area (Å²) in [5.41, 5.74) is 0. The van der Waals surface area contributed by atoms with Gasteiger partial charge in [0, 0.05) is 12.1 Å². The lowest BCUT2D eigenvalue weighted by Crippen LogP contribution is -2.53. The summed E-state index contributed by atoms with van der Waals surface area (Å²) in [6.07, 6.45) is 7.73. The van der Waals surface area contributed by atoms with Gasteiger partial charge in [0.05, 0.1) is 0 Å². The summed E-state index contributed by atoms with van der Waals surface area (Å²) >= 11 is 0. The Morgan fingerprint density at radius 3 is 1.67 bits per heavy atom. The van der Waals surface area contributed by atoms with Gasteiger partial charge in [-0.3, -0.25) is 4.90 Å². The predicted octanol–water partition coefficient (Wildman–Crippen LogP) is 1.73. The number of hydrogen-bond donors (Lipinski definition) is 1. The molecule has 0 aromatic rings. The van der Waals surface area contributed by atoms with Crippen LogP contribution in [0.25, 0.3) is 0 Å². The molecule has 2 rings (SSSR count). The molecule has 2 aliphatic carbocycles. The van der Waals surface area contributed by atoms with Gasteiger partial charge in [0.15, 0.2) is 0 Å². The molecule has 0 spiro atoms. The normalized spacial score (nSPS) is 28.2. The van der Waals surface area contributed by atoms with Gasteiger partial charge in [-0.1, -0.05) is 12.8 Å².